The minimum atomic E-state index is -0.359. The van der Waals surface area contributed by atoms with Gasteiger partial charge in [-0.15, -0.1) is 0 Å². The molecular weight excluding hydrogens is 332 g/mol. The van der Waals surface area contributed by atoms with Crippen molar-refractivity contribution >= 4 is 18.0 Å². The lowest BCUT2D eigenvalue weighted by atomic mass is 10.2. The minimum Gasteiger partial charge on any atom is -0.463 e. The van der Waals surface area contributed by atoms with Crippen LogP contribution in [0.3, 0.4) is 0 Å². The van der Waals surface area contributed by atoms with Crippen molar-refractivity contribution < 1.29 is 19.4 Å². The number of nitrogens with one attached hydrogen (secondary N) is 1. The number of nitriles is 1. The van der Waals surface area contributed by atoms with Gasteiger partial charge in [-0.05, 0) is 18.6 Å². The van der Waals surface area contributed by atoms with Gasteiger partial charge in [-0.2, -0.15) is 5.26 Å². The van der Waals surface area contributed by atoms with Gasteiger partial charge >= 0.3 is 5.97 Å². The minimum absolute atomic E-state index is 0.329. The summed E-state index contributed by atoms with van der Waals surface area (Å²) in [6.45, 7) is 15.0. The number of allylic oxidation sites excluding steroid dienone is 1. The standard InChI is InChI=1S/C8H8.C5H8O2.C4H7NO2.C3H3N/c1-2-8-6-4-3-5-7-8;1-3-5(6)7-4-2;1-2-4(7)5-3-6;1-2-3-4/h2-7H,1H2;3H,1,4H2,2H3;2,6H,1,3H2,(H,5,7);2H,1H2. The molecule has 0 heterocycles. The first kappa shape index (κ1) is 27.4. The number of hydrogen-bond donors (Lipinski definition) is 2. The number of carbonyl (C=O) groups is 2. The number of aliphatic hydroxyl groups is 1. The van der Waals surface area contributed by atoms with Crippen LogP contribution in [0.4, 0.5) is 0 Å². The first-order chi connectivity index (χ1) is 12.5. The van der Waals surface area contributed by atoms with Gasteiger partial charge in [0.05, 0.1) is 12.7 Å². The number of rotatable bonds is 5. The summed E-state index contributed by atoms with van der Waals surface area (Å²) in [6.07, 6.45) is 5.25. The lowest BCUT2D eigenvalue weighted by Gasteiger charge is -1.90. The van der Waals surface area contributed by atoms with E-state index in [1.807, 2.05) is 36.4 Å². The van der Waals surface area contributed by atoms with Crippen LogP contribution < -0.4 is 5.32 Å². The zero-order valence-electron chi connectivity index (χ0n) is 15.1. The fourth-order valence-corrected chi connectivity index (χ4v) is 0.940. The zero-order chi connectivity index (χ0) is 20.6. The van der Waals surface area contributed by atoms with Gasteiger partial charge in [-0.1, -0.05) is 62.7 Å². The highest BCUT2D eigenvalue weighted by Crippen LogP contribution is 1.97. The average Bonchev–Trinajstić information content (AvgIpc) is 2.70. The van der Waals surface area contributed by atoms with Gasteiger partial charge in [-0.25, -0.2) is 4.79 Å². The highest BCUT2D eigenvalue weighted by Gasteiger charge is 1.86. The largest absolute Gasteiger partial charge is 0.463 e. The molecule has 0 aliphatic rings. The molecule has 0 radical (unpaired) electrons. The maximum atomic E-state index is 10.1. The smallest absolute Gasteiger partial charge is 0.330 e. The van der Waals surface area contributed by atoms with Crippen LogP contribution in [-0.2, 0) is 14.3 Å². The van der Waals surface area contributed by atoms with Gasteiger partial charge < -0.3 is 15.2 Å². The van der Waals surface area contributed by atoms with E-state index in [9.17, 15) is 9.59 Å². The molecule has 6 nitrogen and oxygen atoms in total. The molecule has 0 bridgehead atoms. The fourth-order valence-electron chi connectivity index (χ4n) is 0.940. The zero-order valence-corrected chi connectivity index (χ0v) is 15.1. The summed E-state index contributed by atoms with van der Waals surface area (Å²) in [5.41, 5.74) is 1.17. The van der Waals surface area contributed by atoms with Crippen molar-refractivity contribution in [2.75, 3.05) is 13.3 Å². The maximum Gasteiger partial charge on any atom is 0.330 e. The number of benzene rings is 1. The van der Waals surface area contributed by atoms with Crippen molar-refractivity contribution in [3.63, 3.8) is 0 Å². The van der Waals surface area contributed by atoms with Crippen molar-refractivity contribution in [3.8, 4) is 6.07 Å². The Labute approximate surface area is 155 Å². The third-order valence-corrected chi connectivity index (χ3v) is 2.02. The summed E-state index contributed by atoms with van der Waals surface area (Å²) in [5, 5.41) is 17.6. The predicted octanol–water partition coefficient (Wildman–Crippen LogP) is 3.00. The molecule has 6 heteroatoms. The van der Waals surface area contributed by atoms with Crippen LogP contribution in [0, 0.1) is 11.3 Å². The van der Waals surface area contributed by atoms with Gasteiger partial charge in [0.15, 0.2) is 0 Å². The third kappa shape index (κ3) is 25.5. The molecule has 0 fully saturated rings. The summed E-state index contributed by atoms with van der Waals surface area (Å²) in [6, 6.07) is 11.7. The van der Waals surface area contributed by atoms with E-state index in [-0.39, 0.29) is 18.6 Å². The molecule has 0 aliphatic heterocycles. The average molecular weight is 358 g/mol. The van der Waals surface area contributed by atoms with Crippen LogP contribution in [0.2, 0.25) is 0 Å². The van der Waals surface area contributed by atoms with Crippen molar-refractivity contribution in [1.29, 1.82) is 5.26 Å². The molecule has 0 saturated heterocycles. The van der Waals surface area contributed by atoms with Crippen LogP contribution in [0.1, 0.15) is 12.5 Å². The molecule has 0 aliphatic carbocycles. The van der Waals surface area contributed by atoms with E-state index < -0.39 is 0 Å². The number of amides is 1. The molecule has 2 N–H and O–H groups in total. The molecule has 1 amide bonds. The van der Waals surface area contributed by atoms with Gasteiger partial charge in [0, 0.05) is 12.2 Å². The van der Waals surface area contributed by atoms with E-state index in [1.165, 1.54) is 11.6 Å². The summed E-state index contributed by atoms with van der Waals surface area (Å²) in [4.78, 5) is 20.1. The Bertz CT molecular complexity index is 553. The summed E-state index contributed by atoms with van der Waals surface area (Å²) in [5.74, 6) is -0.718. The summed E-state index contributed by atoms with van der Waals surface area (Å²) < 4.78 is 4.43. The Balaban J connectivity index is -0.000000279. The number of aliphatic hydroxyl groups excluding tert-OH is 1. The second-order valence-corrected chi connectivity index (χ2v) is 3.81. The van der Waals surface area contributed by atoms with Crippen molar-refractivity contribution in [1.82, 2.24) is 5.32 Å². The second kappa shape index (κ2) is 23.8. The van der Waals surface area contributed by atoms with Crippen LogP contribution in [0.5, 0.6) is 0 Å². The molecule has 1 aromatic carbocycles. The highest BCUT2D eigenvalue weighted by atomic mass is 16.5. The number of carbonyl (C=O) groups excluding carboxylic acids is 2. The Morgan fingerprint density at radius 1 is 1.19 bits per heavy atom. The van der Waals surface area contributed by atoms with Gasteiger partial charge in [0.1, 0.15) is 6.73 Å². The summed E-state index contributed by atoms with van der Waals surface area (Å²) in [7, 11) is 0. The maximum absolute atomic E-state index is 10.1. The number of esters is 1. The molecule has 140 valence electrons. The topological polar surface area (TPSA) is 99.4 Å². The van der Waals surface area contributed by atoms with Crippen LogP contribution in [-0.4, -0.2) is 30.3 Å². The van der Waals surface area contributed by atoms with Gasteiger partial charge in [-0.3, -0.25) is 4.79 Å². The predicted molar refractivity (Wildman–Crippen MR) is 105 cm³/mol. The number of ether oxygens (including phenoxy) is 1. The van der Waals surface area contributed by atoms with Gasteiger partial charge in [0.2, 0.25) is 5.91 Å². The van der Waals surface area contributed by atoms with E-state index in [2.05, 4.69) is 36.4 Å². The van der Waals surface area contributed by atoms with E-state index in [0.29, 0.717) is 6.61 Å². The van der Waals surface area contributed by atoms with Crippen LogP contribution >= 0.6 is 0 Å². The second-order valence-electron chi connectivity index (χ2n) is 3.81. The highest BCUT2D eigenvalue weighted by molar-refractivity contribution is 5.86. The number of nitrogens with zero attached hydrogens (tertiary/aromatic N) is 1. The number of hydrogen-bond acceptors (Lipinski definition) is 5. The first-order valence-corrected chi connectivity index (χ1v) is 7.45. The fraction of sp³-hybridized carbons (Fsp3) is 0.150. The Kier molecular flexibility index (Phi) is 25.1. The monoisotopic (exact) mass is 358 g/mol. The SMILES string of the molecule is C=CC#N.C=CC(=O)NCO.C=CC(=O)OCC.C=Cc1ccccc1. The van der Waals surface area contributed by atoms with Crippen molar-refractivity contribution in [2.45, 2.75) is 6.92 Å². The molecule has 0 atom stereocenters. The molecule has 26 heavy (non-hydrogen) atoms. The van der Waals surface area contributed by atoms with Crippen molar-refractivity contribution in [2.24, 2.45) is 0 Å². The Morgan fingerprint density at radius 2 is 1.73 bits per heavy atom. The normalized spacial score (nSPS) is 7.27. The first-order valence-electron chi connectivity index (χ1n) is 7.45. The Hall–Kier alpha value is -3.43. The summed E-state index contributed by atoms with van der Waals surface area (Å²) >= 11 is 0. The lowest BCUT2D eigenvalue weighted by molar-refractivity contribution is -0.137. The Morgan fingerprint density at radius 3 is 1.92 bits per heavy atom. The molecule has 1 rings (SSSR count). The van der Waals surface area contributed by atoms with E-state index in [1.54, 1.807) is 13.0 Å². The molecule has 0 aromatic heterocycles. The quantitative estimate of drug-likeness (QED) is 0.365. The molecule has 0 saturated carbocycles. The van der Waals surface area contributed by atoms with E-state index in [4.69, 9.17) is 10.4 Å². The van der Waals surface area contributed by atoms with Crippen LogP contribution in [0.25, 0.3) is 6.08 Å². The van der Waals surface area contributed by atoms with E-state index in [0.717, 1.165) is 12.2 Å². The molecule has 0 spiro atoms. The molecule has 1 aromatic rings. The molecular formula is C20H26N2O4. The van der Waals surface area contributed by atoms with Gasteiger partial charge in [0.25, 0.3) is 0 Å². The van der Waals surface area contributed by atoms with Crippen LogP contribution in [0.15, 0.2) is 74.9 Å². The lowest BCUT2D eigenvalue weighted by Crippen LogP contribution is -2.20. The molecule has 0 unspecified atom stereocenters. The van der Waals surface area contributed by atoms with Crippen molar-refractivity contribution in [3.05, 3.63) is 80.4 Å². The third-order valence-electron chi connectivity index (χ3n) is 2.02. The van der Waals surface area contributed by atoms with E-state index >= 15 is 0 Å².